The molecule has 0 aliphatic carbocycles. The summed E-state index contributed by atoms with van der Waals surface area (Å²) < 4.78 is 3.20. The molecule has 0 radical (unpaired) electrons. The molecule has 1 aromatic carbocycles. The molecule has 3 rings (SSSR count). The minimum Gasteiger partial charge on any atom is -0.392 e. The van der Waals surface area contributed by atoms with Gasteiger partial charge in [0.05, 0.1) is 6.61 Å². The predicted molar refractivity (Wildman–Crippen MR) is 80.0 cm³/mol. The van der Waals surface area contributed by atoms with Crippen molar-refractivity contribution in [2.24, 2.45) is 0 Å². The Bertz CT molecular complexity index is 693. The standard InChI is InChI=1S/C14H16BrNO6/c15-13(6-17)12(20)14(21,10(18)11(19)22-13)8-5-16-9-4-2-1-3-7(8)9/h1-5,10-12,16-21H,6H2/t10-,11-,12-,13+,14+/m0/s1. The van der Waals surface area contributed by atoms with Gasteiger partial charge in [-0.25, -0.2) is 0 Å². The summed E-state index contributed by atoms with van der Waals surface area (Å²) >= 11 is 2.99. The molecule has 0 unspecified atom stereocenters. The monoisotopic (exact) mass is 373 g/mol. The van der Waals surface area contributed by atoms with E-state index in [2.05, 4.69) is 20.9 Å². The van der Waals surface area contributed by atoms with Crippen LogP contribution in [0.1, 0.15) is 5.56 Å². The average Bonchev–Trinajstić information content (AvgIpc) is 2.95. The topological polar surface area (TPSA) is 126 Å². The van der Waals surface area contributed by atoms with E-state index in [9.17, 15) is 25.5 Å². The summed E-state index contributed by atoms with van der Waals surface area (Å²) in [6.07, 6.45) is -3.89. The van der Waals surface area contributed by atoms with E-state index in [4.69, 9.17) is 4.74 Å². The molecule has 1 fully saturated rings. The van der Waals surface area contributed by atoms with Crippen LogP contribution < -0.4 is 0 Å². The number of nitrogens with one attached hydrogen (secondary N) is 1. The van der Waals surface area contributed by atoms with Crippen LogP contribution in [-0.4, -0.2) is 60.1 Å². The molecule has 1 aliphatic rings. The van der Waals surface area contributed by atoms with Gasteiger partial charge >= 0.3 is 0 Å². The number of aromatic amines is 1. The second-order valence-electron chi connectivity index (χ2n) is 5.37. The maximum absolute atomic E-state index is 11.0. The fourth-order valence-corrected chi connectivity index (χ4v) is 3.41. The van der Waals surface area contributed by atoms with E-state index in [1.54, 1.807) is 24.3 Å². The largest absolute Gasteiger partial charge is 0.392 e. The van der Waals surface area contributed by atoms with Crippen molar-refractivity contribution in [1.29, 1.82) is 0 Å². The van der Waals surface area contributed by atoms with Crippen molar-refractivity contribution in [3.8, 4) is 0 Å². The molecule has 7 nitrogen and oxygen atoms in total. The van der Waals surface area contributed by atoms with Gasteiger partial charge in [-0.15, -0.1) is 0 Å². The van der Waals surface area contributed by atoms with Crippen molar-refractivity contribution in [2.75, 3.05) is 6.61 Å². The third-order valence-corrected chi connectivity index (χ3v) is 4.97. The zero-order valence-corrected chi connectivity index (χ0v) is 12.9. The highest BCUT2D eigenvalue weighted by molar-refractivity contribution is 9.10. The summed E-state index contributed by atoms with van der Waals surface area (Å²) in [7, 11) is 0. The van der Waals surface area contributed by atoms with Crippen molar-refractivity contribution in [3.63, 3.8) is 0 Å². The Morgan fingerprint density at radius 3 is 2.59 bits per heavy atom. The maximum atomic E-state index is 11.0. The number of aromatic nitrogens is 1. The van der Waals surface area contributed by atoms with E-state index in [0.717, 1.165) is 0 Å². The van der Waals surface area contributed by atoms with E-state index in [1.165, 1.54) is 6.20 Å². The highest BCUT2D eigenvalue weighted by Crippen LogP contribution is 2.46. The number of aliphatic hydroxyl groups excluding tert-OH is 4. The average molecular weight is 374 g/mol. The van der Waals surface area contributed by atoms with E-state index in [1.807, 2.05) is 0 Å². The molecule has 22 heavy (non-hydrogen) atoms. The fourth-order valence-electron chi connectivity index (χ4n) is 2.87. The predicted octanol–water partition coefficient (Wildman–Crippen LogP) is -0.491. The van der Waals surface area contributed by atoms with Crippen molar-refractivity contribution in [3.05, 3.63) is 36.0 Å². The summed E-state index contributed by atoms with van der Waals surface area (Å²) in [5, 5.41) is 51.6. The van der Waals surface area contributed by atoms with Gasteiger partial charge in [-0.1, -0.05) is 18.2 Å². The summed E-state index contributed by atoms with van der Waals surface area (Å²) in [6, 6.07) is 7.01. The van der Waals surface area contributed by atoms with Gasteiger partial charge in [0.25, 0.3) is 0 Å². The van der Waals surface area contributed by atoms with Gasteiger partial charge in [-0.2, -0.15) is 0 Å². The van der Waals surface area contributed by atoms with Crippen LogP contribution in [0.25, 0.3) is 10.9 Å². The Morgan fingerprint density at radius 1 is 1.23 bits per heavy atom. The number of ether oxygens (including phenoxy) is 1. The SMILES string of the molecule is OC[C@@]1(Br)O[C@H](O)[C@H](O)[C@](O)(c2c[nH]c3ccccc23)[C@H]1O. The number of fused-ring (bicyclic) bond motifs is 1. The van der Waals surface area contributed by atoms with Crippen LogP contribution in [0.3, 0.4) is 0 Å². The van der Waals surface area contributed by atoms with Crippen LogP contribution in [0, 0.1) is 0 Å². The molecule has 1 aromatic heterocycles. The lowest BCUT2D eigenvalue weighted by molar-refractivity contribution is -0.334. The minimum atomic E-state index is -2.25. The summed E-state index contributed by atoms with van der Waals surface area (Å²) in [4.78, 5) is 2.93. The first kappa shape index (κ1) is 15.9. The number of benzene rings is 1. The quantitative estimate of drug-likeness (QED) is 0.394. The van der Waals surface area contributed by atoms with Crippen LogP contribution in [0.5, 0.6) is 0 Å². The van der Waals surface area contributed by atoms with Crippen LogP contribution in [0.4, 0.5) is 0 Å². The molecular weight excluding hydrogens is 358 g/mol. The molecule has 120 valence electrons. The molecule has 5 atom stereocenters. The smallest absolute Gasteiger partial charge is 0.186 e. The Balaban J connectivity index is 2.20. The van der Waals surface area contributed by atoms with Crippen LogP contribution >= 0.6 is 15.9 Å². The van der Waals surface area contributed by atoms with Gasteiger partial charge in [0.2, 0.25) is 0 Å². The van der Waals surface area contributed by atoms with E-state index in [0.29, 0.717) is 10.9 Å². The third-order valence-electron chi connectivity index (χ3n) is 4.10. The number of para-hydroxylation sites is 1. The van der Waals surface area contributed by atoms with E-state index >= 15 is 0 Å². The summed E-state index contributed by atoms with van der Waals surface area (Å²) in [6.45, 7) is -0.720. The second kappa shape index (κ2) is 5.27. The maximum Gasteiger partial charge on any atom is 0.186 e. The lowest BCUT2D eigenvalue weighted by atomic mass is 9.78. The van der Waals surface area contributed by atoms with E-state index in [-0.39, 0.29) is 5.56 Å². The number of rotatable bonds is 2. The van der Waals surface area contributed by atoms with E-state index < -0.39 is 35.2 Å². The molecule has 2 aromatic rings. The molecule has 0 spiro atoms. The van der Waals surface area contributed by atoms with Gasteiger partial charge in [0.15, 0.2) is 16.4 Å². The first-order valence-electron chi connectivity index (χ1n) is 6.65. The highest BCUT2D eigenvalue weighted by Gasteiger charge is 2.62. The molecule has 1 aliphatic heterocycles. The molecule has 0 amide bonds. The number of hydrogen-bond donors (Lipinski definition) is 6. The van der Waals surface area contributed by atoms with Gasteiger partial charge in [0, 0.05) is 22.7 Å². The number of halogens is 1. The second-order valence-corrected chi connectivity index (χ2v) is 6.72. The lowest BCUT2D eigenvalue weighted by Gasteiger charge is -2.50. The molecule has 0 saturated carbocycles. The molecule has 6 N–H and O–H groups in total. The molecule has 8 heteroatoms. The number of hydrogen-bond acceptors (Lipinski definition) is 6. The Labute approximate surface area is 133 Å². The first-order chi connectivity index (χ1) is 10.3. The van der Waals surface area contributed by atoms with Crippen LogP contribution in [-0.2, 0) is 10.3 Å². The summed E-state index contributed by atoms with van der Waals surface area (Å²) in [5.74, 6) is 0. The summed E-state index contributed by atoms with van der Waals surface area (Å²) in [5.41, 5.74) is -1.36. The first-order valence-corrected chi connectivity index (χ1v) is 7.44. The minimum absolute atomic E-state index is 0.197. The van der Waals surface area contributed by atoms with Gasteiger partial charge < -0.3 is 35.3 Å². The molecule has 2 heterocycles. The number of aliphatic hydroxyl groups is 5. The van der Waals surface area contributed by atoms with Crippen LogP contribution in [0.2, 0.25) is 0 Å². The van der Waals surface area contributed by atoms with Crippen molar-refractivity contribution in [1.82, 2.24) is 4.98 Å². The zero-order chi connectivity index (χ0) is 16.1. The number of alkyl halides is 1. The molecule has 0 bridgehead atoms. The molecule has 1 saturated heterocycles. The van der Waals surface area contributed by atoms with Crippen molar-refractivity contribution >= 4 is 26.8 Å². The molecular formula is C14H16BrNO6. The third kappa shape index (κ3) is 2.04. The number of H-pyrrole nitrogens is 1. The highest BCUT2D eigenvalue weighted by atomic mass is 79.9. The van der Waals surface area contributed by atoms with Gasteiger partial charge in [-0.3, -0.25) is 0 Å². The Kier molecular flexibility index (Phi) is 3.81. The Morgan fingerprint density at radius 2 is 1.91 bits per heavy atom. The lowest BCUT2D eigenvalue weighted by Crippen LogP contribution is -2.68. The van der Waals surface area contributed by atoms with Crippen molar-refractivity contribution < 1.29 is 30.3 Å². The Hall–Kier alpha value is -1.00. The van der Waals surface area contributed by atoms with Crippen molar-refractivity contribution in [2.45, 2.75) is 28.6 Å². The van der Waals surface area contributed by atoms with Gasteiger partial charge in [-0.05, 0) is 22.0 Å². The van der Waals surface area contributed by atoms with Crippen LogP contribution in [0.15, 0.2) is 30.5 Å². The van der Waals surface area contributed by atoms with Gasteiger partial charge in [0.1, 0.15) is 12.2 Å². The fraction of sp³-hybridized carbons (Fsp3) is 0.429. The zero-order valence-electron chi connectivity index (χ0n) is 11.3. The normalized spacial score (nSPS) is 39.3.